The summed E-state index contributed by atoms with van der Waals surface area (Å²) in [5, 5.41) is 9.06. The second kappa shape index (κ2) is 3.42. The molecule has 14 heavy (non-hydrogen) atoms. The second-order valence-electron chi connectivity index (χ2n) is 3.68. The van der Waals surface area contributed by atoms with Crippen molar-refractivity contribution in [3.8, 4) is 0 Å². The molecule has 0 aliphatic heterocycles. The molecule has 5 N–H and O–H groups in total. The van der Waals surface area contributed by atoms with Crippen LogP contribution in [0.2, 0.25) is 0 Å². The minimum absolute atomic E-state index is 0.198. The Morgan fingerprint density at radius 3 is 2.86 bits per heavy atom. The van der Waals surface area contributed by atoms with Crippen LogP contribution in [0.15, 0.2) is 0 Å². The van der Waals surface area contributed by atoms with Crippen molar-refractivity contribution in [3.63, 3.8) is 0 Å². The van der Waals surface area contributed by atoms with Crippen LogP contribution in [0.25, 0.3) is 0 Å². The Balaban J connectivity index is 2.37. The lowest BCUT2D eigenvalue weighted by molar-refractivity contribution is 0.212. The maximum atomic E-state index is 9.06. The number of aliphatic hydroxyl groups is 1. The van der Waals surface area contributed by atoms with Gasteiger partial charge in [0.15, 0.2) is 0 Å². The predicted molar refractivity (Wildman–Crippen MR) is 53.5 cm³/mol. The fourth-order valence-corrected chi connectivity index (χ4v) is 1.89. The van der Waals surface area contributed by atoms with Crippen molar-refractivity contribution in [1.82, 2.24) is 9.97 Å². The zero-order valence-electron chi connectivity index (χ0n) is 7.90. The third-order valence-corrected chi connectivity index (χ3v) is 2.68. The van der Waals surface area contributed by atoms with Crippen molar-refractivity contribution in [2.24, 2.45) is 5.92 Å². The van der Waals surface area contributed by atoms with Gasteiger partial charge in [-0.15, -0.1) is 0 Å². The summed E-state index contributed by atoms with van der Waals surface area (Å²) >= 11 is 0. The standard InChI is InChI=1S/C9H14N4O/c10-8-6-3-5(4-14)1-2-7(6)12-9(11)13-8/h5,14H,1-4H2,(H4,10,11,12,13). The summed E-state index contributed by atoms with van der Waals surface area (Å²) < 4.78 is 0. The fourth-order valence-electron chi connectivity index (χ4n) is 1.89. The molecule has 1 aliphatic carbocycles. The average molecular weight is 194 g/mol. The first-order chi connectivity index (χ1) is 6.70. The van der Waals surface area contributed by atoms with Gasteiger partial charge < -0.3 is 16.6 Å². The van der Waals surface area contributed by atoms with E-state index in [4.69, 9.17) is 16.6 Å². The van der Waals surface area contributed by atoms with Gasteiger partial charge in [0.1, 0.15) is 5.82 Å². The Morgan fingerprint density at radius 1 is 1.36 bits per heavy atom. The lowest BCUT2D eigenvalue weighted by atomic mass is 9.87. The van der Waals surface area contributed by atoms with Crippen LogP contribution in [0.5, 0.6) is 0 Å². The third-order valence-electron chi connectivity index (χ3n) is 2.68. The van der Waals surface area contributed by atoms with Crippen LogP contribution < -0.4 is 11.5 Å². The molecule has 0 saturated heterocycles. The molecule has 1 atom stereocenters. The van der Waals surface area contributed by atoms with Gasteiger partial charge in [0, 0.05) is 12.2 Å². The third kappa shape index (κ3) is 1.50. The molecule has 1 heterocycles. The molecule has 1 aromatic heterocycles. The highest BCUT2D eigenvalue weighted by molar-refractivity contribution is 5.47. The highest BCUT2D eigenvalue weighted by atomic mass is 16.3. The minimum Gasteiger partial charge on any atom is -0.396 e. The Bertz CT molecular complexity index is 353. The number of aromatic nitrogens is 2. The van der Waals surface area contributed by atoms with Crippen LogP contribution in [-0.2, 0) is 12.8 Å². The molecule has 76 valence electrons. The second-order valence-corrected chi connectivity index (χ2v) is 3.68. The number of nitrogens with zero attached hydrogens (tertiary/aromatic N) is 2. The van der Waals surface area contributed by atoms with Gasteiger partial charge in [0.25, 0.3) is 0 Å². The number of nitrogens with two attached hydrogens (primary N) is 2. The number of nitrogen functional groups attached to an aromatic ring is 2. The molecule has 0 bridgehead atoms. The van der Waals surface area contributed by atoms with Gasteiger partial charge in [-0.1, -0.05) is 0 Å². The number of hydrogen-bond acceptors (Lipinski definition) is 5. The summed E-state index contributed by atoms with van der Waals surface area (Å²) in [6.07, 6.45) is 2.54. The maximum absolute atomic E-state index is 9.06. The molecule has 5 nitrogen and oxygen atoms in total. The van der Waals surface area contributed by atoms with E-state index < -0.39 is 0 Å². The molecular weight excluding hydrogens is 180 g/mol. The van der Waals surface area contributed by atoms with E-state index in [2.05, 4.69) is 9.97 Å². The smallest absolute Gasteiger partial charge is 0.222 e. The average Bonchev–Trinajstić information content (AvgIpc) is 2.17. The van der Waals surface area contributed by atoms with E-state index in [1.54, 1.807) is 0 Å². The van der Waals surface area contributed by atoms with Gasteiger partial charge in [-0.2, -0.15) is 4.98 Å². The minimum atomic E-state index is 0.198. The van der Waals surface area contributed by atoms with Crippen molar-refractivity contribution >= 4 is 11.8 Å². The number of aryl methyl sites for hydroxylation is 1. The predicted octanol–water partition coefficient (Wildman–Crippen LogP) is -0.262. The Kier molecular flexibility index (Phi) is 2.25. The van der Waals surface area contributed by atoms with Gasteiger partial charge in [-0.3, -0.25) is 0 Å². The zero-order chi connectivity index (χ0) is 10.1. The molecule has 0 aromatic carbocycles. The SMILES string of the molecule is Nc1nc(N)c2c(n1)CCC(CO)C2. The normalized spacial score (nSPS) is 20.5. The van der Waals surface area contributed by atoms with E-state index in [-0.39, 0.29) is 18.5 Å². The fraction of sp³-hybridized carbons (Fsp3) is 0.556. The van der Waals surface area contributed by atoms with Crippen molar-refractivity contribution < 1.29 is 5.11 Å². The van der Waals surface area contributed by atoms with Crippen molar-refractivity contribution in [3.05, 3.63) is 11.3 Å². The number of hydrogen-bond donors (Lipinski definition) is 3. The van der Waals surface area contributed by atoms with Crippen LogP contribution in [0.1, 0.15) is 17.7 Å². The first kappa shape index (κ1) is 9.21. The summed E-state index contributed by atoms with van der Waals surface area (Å²) in [5.41, 5.74) is 13.2. The highest BCUT2D eigenvalue weighted by Crippen LogP contribution is 2.27. The maximum Gasteiger partial charge on any atom is 0.222 e. The quantitative estimate of drug-likeness (QED) is 0.572. The van der Waals surface area contributed by atoms with Gasteiger partial charge in [-0.25, -0.2) is 4.98 Å². The van der Waals surface area contributed by atoms with Crippen LogP contribution >= 0.6 is 0 Å². The largest absolute Gasteiger partial charge is 0.396 e. The Morgan fingerprint density at radius 2 is 2.14 bits per heavy atom. The first-order valence-electron chi connectivity index (χ1n) is 4.72. The lowest BCUT2D eigenvalue weighted by Crippen LogP contribution is -2.21. The molecule has 1 aromatic rings. The van der Waals surface area contributed by atoms with E-state index >= 15 is 0 Å². The van der Waals surface area contributed by atoms with Gasteiger partial charge in [-0.05, 0) is 25.2 Å². The van der Waals surface area contributed by atoms with Crippen molar-refractivity contribution in [2.45, 2.75) is 19.3 Å². The molecule has 1 unspecified atom stereocenters. The topological polar surface area (TPSA) is 98.0 Å². The Labute approximate surface area is 82.2 Å². The number of aliphatic hydroxyl groups excluding tert-OH is 1. The van der Waals surface area contributed by atoms with E-state index in [0.29, 0.717) is 5.82 Å². The number of rotatable bonds is 1. The van der Waals surface area contributed by atoms with Crippen LogP contribution in [0.4, 0.5) is 11.8 Å². The molecule has 0 amide bonds. The molecule has 5 heteroatoms. The van der Waals surface area contributed by atoms with Crippen LogP contribution in [0, 0.1) is 5.92 Å². The summed E-state index contributed by atoms with van der Waals surface area (Å²) in [4.78, 5) is 8.07. The summed E-state index contributed by atoms with van der Waals surface area (Å²) in [5.74, 6) is 0.992. The molecule has 0 fully saturated rings. The zero-order valence-corrected chi connectivity index (χ0v) is 7.90. The number of anilines is 2. The molecular formula is C9H14N4O. The van der Waals surface area contributed by atoms with Crippen LogP contribution in [-0.4, -0.2) is 21.7 Å². The van der Waals surface area contributed by atoms with E-state index in [0.717, 1.165) is 30.5 Å². The van der Waals surface area contributed by atoms with E-state index in [1.165, 1.54) is 0 Å². The van der Waals surface area contributed by atoms with Crippen molar-refractivity contribution in [1.29, 1.82) is 0 Å². The lowest BCUT2D eigenvalue weighted by Gasteiger charge is -2.22. The molecule has 1 aliphatic rings. The Hall–Kier alpha value is -1.36. The summed E-state index contributed by atoms with van der Waals surface area (Å²) in [6.45, 7) is 0.198. The van der Waals surface area contributed by atoms with E-state index in [1.807, 2.05) is 0 Å². The molecule has 0 saturated carbocycles. The first-order valence-corrected chi connectivity index (χ1v) is 4.72. The summed E-state index contributed by atoms with van der Waals surface area (Å²) in [7, 11) is 0. The van der Waals surface area contributed by atoms with Gasteiger partial charge in [0.2, 0.25) is 5.95 Å². The van der Waals surface area contributed by atoms with Crippen molar-refractivity contribution in [2.75, 3.05) is 18.1 Å². The molecule has 0 radical (unpaired) electrons. The monoisotopic (exact) mass is 194 g/mol. The highest BCUT2D eigenvalue weighted by Gasteiger charge is 2.22. The van der Waals surface area contributed by atoms with Gasteiger partial charge in [0.05, 0.1) is 5.69 Å². The van der Waals surface area contributed by atoms with E-state index in [9.17, 15) is 0 Å². The number of fused-ring (bicyclic) bond motifs is 1. The van der Waals surface area contributed by atoms with Crippen LogP contribution in [0.3, 0.4) is 0 Å². The molecule has 2 rings (SSSR count). The summed E-state index contributed by atoms with van der Waals surface area (Å²) in [6, 6.07) is 0. The molecule has 0 spiro atoms. The van der Waals surface area contributed by atoms with Gasteiger partial charge >= 0.3 is 0 Å².